The summed E-state index contributed by atoms with van der Waals surface area (Å²) < 4.78 is 13.6. The highest BCUT2D eigenvalue weighted by Gasteiger charge is 2.45. The standard InChI is InChI=1S/C45H49ClNO2/c1-44(2)38(36(26-28-48-5)37-22-18-30-12-7-9-16-34(30)41(37)44)23-19-32-14-11-15-33(43(32)46)21-25-40-45(3,4)42-35-17-10-8-13-31(35)20-24-39(42)47(40)27-29-49-6/h7-10,12-13,16-25,36H,11,14-15,26-29H2,1-6H3/q+1. The van der Waals surface area contributed by atoms with E-state index < -0.39 is 0 Å². The third-order valence-electron chi connectivity index (χ3n) is 11.3. The van der Waals surface area contributed by atoms with Crippen molar-refractivity contribution >= 4 is 44.5 Å². The second-order valence-corrected chi connectivity index (χ2v) is 15.3. The van der Waals surface area contributed by atoms with Gasteiger partial charge < -0.3 is 9.47 Å². The van der Waals surface area contributed by atoms with E-state index in [1.54, 1.807) is 14.2 Å². The molecule has 4 heteroatoms. The van der Waals surface area contributed by atoms with Gasteiger partial charge in [0.05, 0.1) is 5.41 Å². The van der Waals surface area contributed by atoms with Crippen LogP contribution in [0.4, 0.5) is 5.69 Å². The van der Waals surface area contributed by atoms with Crippen molar-refractivity contribution in [2.24, 2.45) is 0 Å². The van der Waals surface area contributed by atoms with Gasteiger partial charge in [-0.25, -0.2) is 0 Å². The molecule has 1 atom stereocenters. The van der Waals surface area contributed by atoms with Crippen LogP contribution in [0.2, 0.25) is 0 Å². The minimum atomic E-state index is -0.171. The number of fused-ring (bicyclic) bond motifs is 6. The third-order valence-corrected chi connectivity index (χ3v) is 11.8. The average molecular weight is 671 g/mol. The van der Waals surface area contributed by atoms with E-state index in [0.717, 1.165) is 43.9 Å². The zero-order valence-corrected chi connectivity index (χ0v) is 30.7. The summed E-state index contributed by atoms with van der Waals surface area (Å²) in [5.41, 5.74) is 10.4. The lowest BCUT2D eigenvalue weighted by atomic mass is 9.78. The molecule has 4 aromatic carbocycles. The van der Waals surface area contributed by atoms with E-state index in [2.05, 4.69) is 129 Å². The highest BCUT2D eigenvalue weighted by Crippen LogP contribution is 2.54. The number of benzene rings is 4. The summed E-state index contributed by atoms with van der Waals surface area (Å²) in [5, 5.41) is 6.15. The van der Waals surface area contributed by atoms with E-state index in [1.165, 1.54) is 66.4 Å². The predicted octanol–water partition coefficient (Wildman–Crippen LogP) is 11.2. The van der Waals surface area contributed by atoms with Gasteiger partial charge in [0.2, 0.25) is 5.69 Å². The van der Waals surface area contributed by atoms with Gasteiger partial charge in [0.15, 0.2) is 12.3 Å². The number of nitrogens with zero attached hydrogens (tertiary/aromatic N) is 1. The highest BCUT2D eigenvalue weighted by molar-refractivity contribution is 6.32. The molecule has 0 saturated heterocycles. The van der Waals surface area contributed by atoms with Crippen molar-refractivity contribution in [3.63, 3.8) is 0 Å². The molecule has 2 aliphatic carbocycles. The predicted molar refractivity (Wildman–Crippen MR) is 207 cm³/mol. The van der Waals surface area contributed by atoms with Crippen molar-refractivity contribution in [2.45, 2.75) is 70.1 Å². The first-order chi connectivity index (χ1) is 23.7. The van der Waals surface area contributed by atoms with Gasteiger partial charge in [-0.1, -0.05) is 110 Å². The summed E-state index contributed by atoms with van der Waals surface area (Å²) in [4.78, 5) is 0. The Morgan fingerprint density at radius 1 is 0.755 bits per heavy atom. The van der Waals surface area contributed by atoms with Crippen LogP contribution in [0.1, 0.15) is 76.0 Å². The first-order valence-electron chi connectivity index (χ1n) is 17.8. The average Bonchev–Trinajstić information content (AvgIpc) is 3.46. The molecular weight excluding hydrogens is 622 g/mol. The van der Waals surface area contributed by atoms with Gasteiger partial charge in [0.1, 0.15) is 6.61 Å². The molecule has 0 spiro atoms. The van der Waals surface area contributed by atoms with Crippen molar-refractivity contribution in [3.05, 3.63) is 136 Å². The molecule has 1 unspecified atom stereocenters. The summed E-state index contributed by atoms with van der Waals surface area (Å²) in [5.74, 6) is 0.314. The minimum Gasteiger partial charge on any atom is -0.385 e. The van der Waals surface area contributed by atoms with Crippen LogP contribution in [-0.4, -0.2) is 44.3 Å². The van der Waals surface area contributed by atoms with Crippen LogP contribution in [-0.2, 0) is 20.3 Å². The first kappa shape index (κ1) is 33.7. The van der Waals surface area contributed by atoms with Gasteiger partial charge in [0, 0.05) is 54.9 Å². The Morgan fingerprint density at radius 2 is 1.43 bits per heavy atom. The molecule has 0 amide bonds. The Balaban J connectivity index is 1.26. The first-order valence-corrected chi connectivity index (χ1v) is 18.2. The molecule has 0 fully saturated rings. The summed E-state index contributed by atoms with van der Waals surface area (Å²) in [6, 6.07) is 26.7. The van der Waals surface area contributed by atoms with E-state index in [9.17, 15) is 0 Å². The Kier molecular flexibility index (Phi) is 9.30. The largest absolute Gasteiger partial charge is 0.385 e. The molecule has 0 aromatic heterocycles. The molecule has 7 rings (SSSR count). The lowest BCUT2D eigenvalue weighted by Crippen LogP contribution is -2.28. The third kappa shape index (κ3) is 5.84. The van der Waals surface area contributed by atoms with Crippen molar-refractivity contribution < 1.29 is 14.0 Å². The number of rotatable bonds is 9. The van der Waals surface area contributed by atoms with Crippen molar-refractivity contribution in [1.29, 1.82) is 0 Å². The molecule has 1 heterocycles. The van der Waals surface area contributed by atoms with Crippen LogP contribution < -0.4 is 0 Å². The fourth-order valence-corrected chi connectivity index (χ4v) is 9.25. The molecule has 3 nitrogen and oxygen atoms in total. The second-order valence-electron chi connectivity index (χ2n) is 14.9. The maximum absolute atomic E-state index is 7.30. The van der Waals surface area contributed by atoms with Gasteiger partial charge in [0.25, 0.3) is 0 Å². The summed E-state index contributed by atoms with van der Waals surface area (Å²) in [6.07, 6.45) is 13.3. The van der Waals surface area contributed by atoms with Gasteiger partial charge in [-0.05, 0) is 89.4 Å². The molecule has 4 aromatic rings. The zero-order chi connectivity index (χ0) is 34.3. The Labute approximate surface area is 297 Å². The molecule has 1 aliphatic heterocycles. The van der Waals surface area contributed by atoms with Gasteiger partial charge in [-0.15, -0.1) is 0 Å². The van der Waals surface area contributed by atoms with Crippen LogP contribution in [0.5, 0.6) is 0 Å². The fraction of sp³-hybridized carbons (Fsp3) is 0.356. The van der Waals surface area contributed by atoms with Crippen LogP contribution >= 0.6 is 11.6 Å². The maximum atomic E-state index is 7.30. The van der Waals surface area contributed by atoms with E-state index in [1.807, 2.05) is 0 Å². The van der Waals surface area contributed by atoms with E-state index in [4.69, 9.17) is 21.1 Å². The van der Waals surface area contributed by atoms with Crippen molar-refractivity contribution in [2.75, 3.05) is 34.0 Å². The maximum Gasteiger partial charge on any atom is 0.210 e. The Hall–Kier alpha value is -3.76. The zero-order valence-electron chi connectivity index (χ0n) is 29.9. The number of ether oxygens (including phenoxy) is 2. The Morgan fingerprint density at radius 3 is 2.14 bits per heavy atom. The monoisotopic (exact) mass is 670 g/mol. The van der Waals surface area contributed by atoms with Gasteiger partial charge >= 0.3 is 0 Å². The number of hydrogen-bond acceptors (Lipinski definition) is 2. The topological polar surface area (TPSA) is 21.5 Å². The number of hydrogen-bond donors (Lipinski definition) is 0. The van der Waals surface area contributed by atoms with E-state index in [0.29, 0.717) is 12.5 Å². The summed E-state index contributed by atoms with van der Waals surface area (Å²) >= 11 is 7.30. The fourth-order valence-electron chi connectivity index (χ4n) is 8.93. The van der Waals surface area contributed by atoms with E-state index in [-0.39, 0.29) is 10.8 Å². The van der Waals surface area contributed by atoms with E-state index >= 15 is 0 Å². The lowest BCUT2D eigenvalue weighted by molar-refractivity contribution is -0.441. The van der Waals surface area contributed by atoms with Crippen LogP contribution in [0.3, 0.4) is 0 Å². The van der Waals surface area contributed by atoms with Gasteiger partial charge in [-0.2, -0.15) is 4.58 Å². The lowest BCUT2D eigenvalue weighted by Gasteiger charge is -2.25. The minimum absolute atomic E-state index is 0.102. The number of allylic oxidation sites excluding steroid dienone is 8. The molecule has 3 aliphatic rings. The normalized spacial score (nSPS) is 21.6. The second kappa shape index (κ2) is 13.5. The summed E-state index contributed by atoms with van der Waals surface area (Å²) in [6.45, 7) is 11.7. The smallest absolute Gasteiger partial charge is 0.210 e. The molecule has 0 N–H and O–H groups in total. The molecule has 0 bridgehead atoms. The van der Waals surface area contributed by atoms with Crippen molar-refractivity contribution in [3.8, 4) is 0 Å². The highest BCUT2D eigenvalue weighted by atomic mass is 35.5. The summed E-state index contributed by atoms with van der Waals surface area (Å²) in [7, 11) is 3.58. The number of methoxy groups -OCH3 is 2. The molecule has 0 radical (unpaired) electrons. The SMILES string of the molecule is COCCC1C(=CC=C2CCCC(C=CC3=[N+](CCOC)c4ccc5ccccc5c4C3(C)C)=C2Cl)C(C)(C)c2c1ccc1ccccc21. The van der Waals surface area contributed by atoms with Crippen molar-refractivity contribution in [1.82, 2.24) is 0 Å². The molecule has 252 valence electrons. The quantitative estimate of drug-likeness (QED) is 0.165. The Bertz CT molecular complexity index is 2090. The molecular formula is C45H49ClNO2+. The van der Waals surface area contributed by atoms with Crippen LogP contribution in [0, 0.1) is 0 Å². The van der Waals surface area contributed by atoms with Crippen LogP contribution in [0.15, 0.2) is 119 Å². The molecule has 0 saturated carbocycles. The number of halogens is 1. The van der Waals surface area contributed by atoms with Gasteiger partial charge in [-0.3, -0.25) is 0 Å². The molecule has 49 heavy (non-hydrogen) atoms. The van der Waals surface area contributed by atoms with Crippen LogP contribution in [0.25, 0.3) is 21.5 Å².